The Balaban J connectivity index is 2.48. The van der Waals surface area contributed by atoms with Gasteiger partial charge in [-0.1, -0.05) is 12.8 Å². The number of hydrogen-bond donors (Lipinski definition) is 1. The van der Waals surface area contributed by atoms with Crippen molar-refractivity contribution in [1.29, 1.82) is 0 Å². The van der Waals surface area contributed by atoms with Gasteiger partial charge in [-0.05, 0) is 38.9 Å². The average molecular weight is 200 g/mol. The third kappa shape index (κ3) is 3.14. The van der Waals surface area contributed by atoms with Crippen LogP contribution in [0.15, 0.2) is 0 Å². The van der Waals surface area contributed by atoms with E-state index in [-0.39, 0.29) is 0 Å². The van der Waals surface area contributed by atoms with Crippen LogP contribution >= 0.6 is 12.2 Å². The van der Waals surface area contributed by atoms with E-state index in [4.69, 9.17) is 12.2 Å². The Labute approximate surface area is 86.7 Å². The van der Waals surface area contributed by atoms with Crippen molar-refractivity contribution in [3.05, 3.63) is 0 Å². The van der Waals surface area contributed by atoms with Gasteiger partial charge in [0, 0.05) is 19.1 Å². The highest BCUT2D eigenvalue weighted by Crippen LogP contribution is 2.16. The van der Waals surface area contributed by atoms with Gasteiger partial charge in [-0.15, -0.1) is 0 Å². The summed E-state index contributed by atoms with van der Waals surface area (Å²) in [6.45, 7) is 6.43. The van der Waals surface area contributed by atoms with Crippen molar-refractivity contribution in [2.75, 3.05) is 13.1 Å². The lowest BCUT2D eigenvalue weighted by atomic mass is 10.1. The summed E-state index contributed by atoms with van der Waals surface area (Å²) >= 11 is 5.33. The first-order valence-electron chi connectivity index (χ1n) is 5.30. The Morgan fingerprint density at radius 1 is 1.46 bits per heavy atom. The van der Waals surface area contributed by atoms with E-state index in [1.165, 1.54) is 25.7 Å². The molecule has 0 spiro atoms. The molecule has 1 N–H and O–H groups in total. The van der Waals surface area contributed by atoms with Gasteiger partial charge in [-0.25, -0.2) is 0 Å². The first kappa shape index (κ1) is 10.8. The standard InChI is InChI=1S/C10H20N2S/c1-3-11-10(13)12-8-6-4-5-7-9(12)2/h9H,3-8H2,1-2H3,(H,11,13). The van der Waals surface area contributed by atoms with Crippen molar-refractivity contribution in [1.82, 2.24) is 10.2 Å². The molecule has 0 bridgehead atoms. The highest BCUT2D eigenvalue weighted by molar-refractivity contribution is 7.80. The predicted molar refractivity (Wildman–Crippen MR) is 60.9 cm³/mol. The van der Waals surface area contributed by atoms with E-state index >= 15 is 0 Å². The molecule has 1 rings (SSSR count). The van der Waals surface area contributed by atoms with Gasteiger partial charge in [0.15, 0.2) is 5.11 Å². The molecule has 1 fully saturated rings. The molecule has 0 aliphatic carbocycles. The zero-order chi connectivity index (χ0) is 9.68. The molecule has 0 radical (unpaired) electrons. The first-order chi connectivity index (χ1) is 6.25. The summed E-state index contributed by atoms with van der Waals surface area (Å²) in [7, 11) is 0. The summed E-state index contributed by atoms with van der Waals surface area (Å²) in [5, 5.41) is 4.17. The smallest absolute Gasteiger partial charge is 0.169 e. The van der Waals surface area contributed by atoms with E-state index in [1.807, 2.05) is 0 Å². The van der Waals surface area contributed by atoms with Crippen molar-refractivity contribution in [2.45, 2.75) is 45.6 Å². The Hall–Kier alpha value is -0.310. The molecule has 1 atom stereocenters. The maximum Gasteiger partial charge on any atom is 0.169 e. The van der Waals surface area contributed by atoms with Gasteiger partial charge >= 0.3 is 0 Å². The molecule has 76 valence electrons. The molecule has 1 aliphatic heterocycles. The molecule has 2 nitrogen and oxygen atoms in total. The molecule has 0 amide bonds. The lowest BCUT2D eigenvalue weighted by molar-refractivity contribution is 0.332. The van der Waals surface area contributed by atoms with E-state index in [0.717, 1.165) is 18.2 Å². The number of hydrogen-bond acceptors (Lipinski definition) is 1. The van der Waals surface area contributed by atoms with Gasteiger partial charge in [0.05, 0.1) is 0 Å². The fourth-order valence-electron chi connectivity index (χ4n) is 1.83. The summed E-state index contributed by atoms with van der Waals surface area (Å²) in [6.07, 6.45) is 5.28. The molecule has 0 aromatic carbocycles. The highest BCUT2D eigenvalue weighted by Gasteiger charge is 2.18. The Morgan fingerprint density at radius 3 is 2.92 bits per heavy atom. The van der Waals surface area contributed by atoms with Crippen LogP contribution in [0.25, 0.3) is 0 Å². The zero-order valence-electron chi connectivity index (χ0n) is 8.68. The molecule has 1 unspecified atom stereocenters. The van der Waals surface area contributed by atoms with E-state index in [2.05, 4.69) is 24.1 Å². The van der Waals surface area contributed by atoms with E-state index in [0.29, 0.717) is 6.04 Å². The highest BCUT2D eigenvalue weighted by atomic mass is 32.1. The summed E-state index contributed by atoms with van der Waals surface area (Å²) in [5.74, 6) is 0. The van der Waals surface area contributed by atoms with Crippen LogP contribution in [0.4, 0.5) is 0 Å². The predicted octanol–water partition coefficient (Wildman–Crippen LogP) is 2.15. The molecule has 1 heterocycles. The Kier molecular flexibility index (Phi) is 4.50. The molecule has 1 aliphatic rings. The van der Waals surface area contributed by atoms with Crippen molar-refractivity contribution in [3.8, 4) is 0 Å². The molecular weight excluding hydrogens is 180 g/mol. The minimum absolute atomic E-state index is 0.619. The van der Waals surface area contributed by atoms with Crippen LogP contribution in [0.3, 0.4) is 0 Å². The van der Waals surface area contributed by atoms with Gasteiger partial charge in [0.1, 0.15) is 0 Å². The van der Waals surface area contributed by atoms with Crippen LogP contribution in [-0.2, 0) is 0 Å². The van der Waals surface area contributed by atoms with E-state index < -0.39 is 0 Å². The minimum Gasteiger partial charge on any atom is -0.363 e. The number of nitrogens with zero attached hydrogens (tertiary/aromatic N) is 1. The quantitative estimate of drug-likeness (QED) is 0.653. The lowest BCUT2D eigenvalue weighted by Crippen LogP contribution is -2.44. The first-order valence-corrected chi connectivity index (χ1v) is 5.71. The number of likely N-dealkylation sites (tertiary alicyclic amines) is 1. The van der Waals surface area contributed by atoms with Crippen molar-refractivity contribution < 1.29 is 0 Å². The minimum atomic E-state index is 0.619. The zero-order valence-corrected chi connectivity index (χ0v) is 9.49. The largest absolute Gasteiger partial charge is 0.363 e. The average Bonchev–Trinajstić information content (AvgIpc) is 2.30. The van der Waals surface area contributed by atoms with Crippen LogP contribution in [0, 0.1) is 0 Å². The van der Waals surface area contributed by atoms with Crippen molar-refractivity contribution in [2.24, 2.45) is 0 Å². The molecule has 0 aromatic heterocycles. The van der Waals surface area contributed by atoms with Crippen LogP contribution < -0.4 is 5.32 Å². The second-order valence-electron chi connectivity index (χ2n) is 3.73. The second-order valence-corrected chi connectivity index (χ2v) is 4.11. The number of rotatable bonds is 1. The third-order valence-electron chi connectivity index (χ3n) is 2.64. The number of thiocarbonyl (C=S) groups is 1. The lowest BCUT2D eigenvalue weighted by Gasteiger charge is -2.29. The second kappa shape index (κ2) is 5.43. The van der Waals surface area contributed by atoms with Gasteiger partial charge in [0.25, 0.3) is 0 Å². The SMILES string of the molecule is CCNC(=S)N1CCCCCC1C. The summed E-state index contributed by atoms with van der Waals surface area (Å²) < 4.78 is 0. The maximum absolute atomic E-state index is 5.33. The third-order valence-corrected chi connectivity index (χ3v) is 3.02. The Bertz CT molecular complexity index is 170. The van der Waals surface area contributed by atoms with Crippen molar-refractivity contribution in [3.63, 3.8) is 0 Å². The van der Waals surface area contributed by atoms with Crippen LogP contribution in [0.5, 0.6) is 0 Å². The fraction of sp³-hybridized carbons (Fsp3) is 0.900. The van der Waals surface area contributed by atoms with Crippen LogP contribution in [-0.4, -0.2) is 29.1 Å². The summed E-state index contributed by atoms with van der Waals surface area (Å²) in [5.41, 5.74) is 0. The number of nitrogens with one attached hydrogen (secondary N) is 1. The topological polar surface area (TPSA) is 15.3 Å². The van der Waals surface area contributed by atoms with Gasteiger partial charge in [-0.2, -0.15) is 0 Å². The molecule has 1 saturated heterocycles. The normalized spacial score (nSPS) is 23.8. The molecule has 0 aromatic rings. The van der Waals surface area contributed by atoms with Crippen molar-refractivity contribution >= 4 is 17.3 Å². The van der Waals surface area contributed by atoms with Gasteiger partial charge < -0.3 is 10.2 Å². The summed E-state index contributed by atoms with van der Waals surface area (Å²) in [6, 6.07) is 0.619. The monoisotopic (exact) mass is 200 g/mol. The maximum atomic E-state index is 5.33. The Morgan fingerprint density at radius 2 is 2.23 bits per heavy atom. The molecular formula is C10H20N2S. The van der Waals surface area contributed by atoms with Gasteiger partial charge in [0.2, 0.25) is 0 Å². The van der Waals surface area contributed by atoms with E-state index in [9.17, 15) is 0 Å². The fourth-order valence-corrected chi connectivity index (χ4v) is 2.24. The molecule has 13 heavy (non-hydrogen) atoms. The molecule has 3 heteroatoms. The van der Waals surface area contributed by atoms with Crippen LogP contribution in [0.1, 0.15) is 39.5 Å². The van der Waals surface area contributed by atoms with Gasteiger partial charge in [-0.3, -0.25) is 0 Å². The summed E-state index contributed by atoms with van der Waals surface area (Å²) in [4.78, 5) is 2.34. The van der Waals surface area contributed by atoms with E-state index in [1.54, 1.807) is 0 Å². The molecule has 0 saturated carbocycles. The van der Waals surface area contributed by atoms with Crippen LogP contribution in [0.2, 0.25) is 0 Å².